The summed E-state index contributed by atoms with van der Waals surface area (Å²) in [5, 5.41) is 10.3. The summed E-state index contributed by atoms with van der Waals surface area (Å²) in [4.78, 5) is 27.4. The minimum Gasteiger partial charge on any atom is -0.479 e. The van der Waals surface area contributed by atoms with Crippen LogP contribution < -0.4 is 5.73 Å². The highest BCUT2D eigenvalue weighted by Crippen LogP contribution is 2.44. The highest BCUT2D eigenvalue weighted by Gasteiger charge is 2.46. The maximum atomic E-state index is 13.4. The summed E-state index contributed by atoms with van der Waals surface area (Å²) >= 11 is 0. The van der Waals surface area contributed by atoms with E-state index in [-0.39, 0.29) is 12.5 Å². The first-order valence-electron chi connectivity index (χ1n) is 12.1. The predicted octanol–water partition coefficient (Wildman–Crippen LogP) is 5.40. The lowest BCUT2D eigenvalue weighted by Gasteiger charge is -2.40. The van der Waals surface area contributed by atoms with Gasteiger partial charge in [0.05, 0.1) is 0 Å². The second-order valence-electron chi connectivity index (χ2n) is 8.79. The predicted molar refractivity (Wildman–Crippen MR) is 130 cm³/mol. The van der Waals surface area contributed by atoms with Crippen LogP contribution in [0.2, 0.25) is 0 Å². The zero-order valence-corrected chi connectivity index (χ0v) is 19.8. The lowest BCUT2D eigenvalue weighted by molar-refractivity contribution is -0.152. The molecule has 1 amide bonds. The number of nitrogens with two attached hydrogens (primary N) is 1. The van der Waals surface area contributed by atoms with Crippen molar-refractivity contribution in [3.63, 3.8) is 0 Å². The van der Waals surface area contributed by atoms with Crippen LogP contribution in [0.4, 0.5) is 4.79 Å². The summed E-state index contributed by atoms with van der Waals surface area (Å²) in [7, 11) is 0. The third kappa shape index (κ3) is 5.06. The maximum Gasteiger partial charge on any atom is 0.410 e. The number of hydrogen-bond acceptors (Lipinski definition) is 4. The standard InChI is InChI=1S/C27H36N2O4/c1-3-15-27(25(30)31,16-9-10-17-28)29(18-4-2)26(32)33-19-24-22-13-7-5-11-20(22)21-12-6-8-14-23(21)24/h5-8,11-14,24H,3-4,9-10,15-19,28H2,1-2H3,(H,30,31)/t27-/m0/s1. The summed E-state index contributed by atoms with van der Waals surface area (Å²) in [5.74, 6) is -1.03. The molecule has 0 heterocycles. The largest absolute Gasteiger partial charge is 0.479 e. The van der Waals surface area contributed by atoms with E-state index in [2.05, 4.69) is 24.3 Å². The zero-order valence-electron chi connectivity index (χ0n) is 19.8. The van der Waals surface area contributed by atoms with Crippen molar-refractivity contribution >= 4 is 12.1 Å². The maximum absolute atomic E-state index is 13.4. The molecule has 0 aliphatic heterocycles. The van der Waals surface area contributed by atoms with Gasteiger partial charge in [0.15, 0.2) is 0 Å². The van der Waals surface area contributed by atoms with Crippen LogP contribution in [0.1, 0.15) is 69.4 Å². The number of fused-ring (bicyclic) bond motifs is 3. The van der Waals surface area contributed by atoms with E-state index in [9.17, 15) is 14.7 Å². The molecule has 0 fully saturated rings. The lowest BCUT2D eigenvalue weighted by atomic mass is 9.85. The lowest BCUT2D eigenvalue weighted by Crippen LogP contribution is -2.57. The van der Waals surface area contributed by atoms with E-state index in [4.69, 9.17) is 10.5 Å². The van der Waals surface area contributed by atoms with Crippen LogP contribution >= 0.6 is 0 Å². The number of carboxylic acids is 1. The number of hydrogen-bond donors (Lipinski definition) is 2. The molecule has 0 unspecified atom stereocenters. The van der Waals surface area contributed by atoms with E-state index in [0.29, 0.717) is 45.2 Å². The number of amides is 1. The Balaban J connectivity index is 1.84. The second-order valence-corrected chi connectivity index (χ2v) is 8.79. The van der Waals surface area contributed by atoms with Crippen molar-refractivity contribution < 1.29 is 19.4 Å². The Bertz CT molecular complexity index is 915. The molecular formula is C27H36N2O4. The molecule has 0 radical (unpaired) electrons. The molecule has 2 aromatic carbocycles. The first-order chi connectivity index (χ1) is 16.0. The molecule has 0 bridgehead atoms. The fourth-order valence-corrected chi connectivity index (χ4v) is 5.08. The van der Waals surface area contributed by atoms with Crippen LogP contribution in [0, 0.1) is 0 Å². The van der Waals surface area contributed by atoms with E-state index in [1.54, 1.807) is 0 Å². The van der Waals surface area contributed by atoms with Gasteiger partial charge in [0, 0.05) is 12.5 Å². The molecule has 33 heavy (non-hydrogen) atoms. The van der Waals surface area contributed by atoms with Gasteiger partial charge >= 0.3 is 12.1 Å². The number of carbonyl (C=O) groups is 2. The molecular weight excluding hydrogens is 416 g/mol. The van der Waals surface area contributed by atoms with Crippen LogP contribution in [0.3, 0.4) is 0 Å². The van der Waals surface area contributed by atoms with Crippen LogP contribution in [0.25, 0.3) is 11.1 Å². The Hall–Kier alpha value is -2.86. The van der Waals surface area contributed by atoms with E-state index < -0.39 is 17.6 Å². The quantitative estimate of drug-likeness (QED) is 0.421. The molecule has 0 saturated heterocycles. The summed E-state index contributed by atoms with van der Waals surface area (Å²) in [6.07, 6.45) is 2.89. The van der Waals surface area contributed by atoms with Gasteiger partial charge in [-0.15, -0.1) is 0 Å². The first-order valence-corrected chi connectivity index (χ1v) is 12.1. The number of carboxylic acid groups (broad SMARTS) is 1. The number of unbranched alkanes of at least 4 members (excludes halogenated alkanes) is 1. The van der Waals surface area contributed by atoms with Gasteiger partial charge in [-0.05, 0) is 60.9 Å². The molecule has 3 N–H and O–H groups in total. The number of benzene rings is 2. The fourth-order valence-electron chi connectivity index (χ4n) is 5.08. The van der Waals surface area contributed by atoms with Gasteiger partial charge in [0.1, 0.15) is 12.1 Å². The Morgan fingerprint density at radius 2 is 1.58 bits per heavy atom. The average molecular weight is 453 g/mol. The zero-order chi connectivity index (χ0) is 23.8. The normalized spacial score (nSPS) is 14.3. The molecule has 1 atom stereocenters. The molecule has 6 nitrogen and oxygen atoms in total. The summed E-state index contributed by atoms with van der Waals surface area (Å²) in [5.41, 5.74) is 8.96. The first kappa shape index (κ1) is 24.8. The summed E-state index contributed by atoms with van der Waals surface area (Å²) in [6.45, 7) is 4.91. The van der Waals surface area contributed by atoms with Gasteiger partial charge in [0.2, 0.25) is 0 Å². The smallest absolute Gasteiger partial charge is 0.410 e. The molecule has 6 heteroatoms. The van der Waals surface area contributed by atoms with Crippen molar-refractivity contribution in [3.05, 3.63) is 59.7 Å². The van der Waals surface area contributed by atoms with Crippen molar-refractivity contribution in [2.24, 2.45) is 5.73 Å². The Labute approximate surface area is 196 Å². The Kier molecular flexibility index (Phi) is 8.50. The Morgan fingerprint density at radius 1 is 0.970 bits per heavy atom. The number of aliphatic carboxylic acids is 1. The van der Waals surface area contributed by atoms with E-state index in [0.717, 1.165) is 28.7 Å². The van der Waals surface area contributed by atoms with Gasteiger partial charge in [-0.3, -0.25) is 4.90 Å². The highest BCUT2D eigenvalue weighted by molar-refractivity contribution is 5.85. The molecule has 3 rings (SSSR count). The SMILES string of the molecule is CCCN(C(=O)OCC1c2ccccc2-c2ccccc21)[C@@](CCC)(CCCCN)C(=O)O. The van der Waals surface area contributed by atoms with E-state index in [1.165, 1.54) is 4.90 Å². The number of nitrogens with zero attached hydrogens (tertiary/aromatic N) is 1. The van der Waals surface area contributed by atoms with Crippen LogP contribution in [0.5, 0.6) is 0 Å². The van der Waals surface area contributed by atoms with Gasteiger partial charge in [-0.1, -0.05) is 68.8 Å². The van der Waals surface area contributed by atoms with Crippen molar-refractivity contribution in [2.45, 2.75) is 63.8 Å². The van der Waals surface area contributed by atoms with Gasteiger partial charge < -0.3 is 15.6 Å². The van der Waals surface area contributed by atoms with Crippen molar-refractivity contribution in [2.75, 3.05) is 19.7 Å². The third-order valence-electron chi connectivity index (χ3n) is 6.63. The summed E-state index contributed by atoms with van der Waals surface area (Å²) < 4.78 is 5.86. The molecule has 1 aliphatic carbocycles. The van der Waals surface area contributed by atoms with E-state index >= 15 is 0 Å². The molecule has 0 saturated carbocycles. The summed E-state index contributed by atoms with van der Waals surface area (Å²) in [6, 6.07) is 16.3. The Morgan fingerprint density at radius 3 is 2.09 bits per heavy atom. The van der Waals surface area contributed by atoms with Crippen LogP contribution in [-0.4, -0.2) is 47.3 Å². The minimum atomic E-state index is -1.28. The van der Waals surface area contributed by atoms with Crippen LogP contribution in [-0.2, 0) is 9.53 Å². The number of ether oxygens (including phenoxy) is 1. The minimum absolute atomic E-state index is 0.0625. The van der Waals surface area contributed by atoms with E-state index in [1.807, 2.05) is 38.1 Å². The molecule has 0 spiro atoms. The van der Waals surface area contributed by atoms with Crippen molar-refractivity contribution in [1.29, 1.82) is 0 Å². The van der Waals surface area contributed by atoms with Crippen molar-refractivity contribution in [1.82, 2.24) is 4.90 Å². The van der Waals surface area contributed by atoms with Gasteiger partial charge in [-0.2, -0.15) is 0 Å². The van der Waals surface area contributed by atoms with Gasteiger partial charge in [-0.25, -0.2) is 9.59 Å². The average Bonchev–Trinajstić information content (AvgIpc) is 3.14. The molecule has 1 aliphatic rings. The second kappa shape index (κ2) is 11.3. The van der Waals surface area contributed by atoms with Crippen molar-refractivity contribution in [3.8, 4) is 11.1 Å². The van der Waals surface area contributed by atoms with Crippen LogP contribution in [0.15, 0.2) is 48.5 Å². The number of carbonyl (C=O) groups excluding carboxylic acids is 1. The molecule has 0 aromatic heterocycles. The number of rotatable bonds is 12. The molecule has 178 valence electrons. The fraction of sp³-hybridized carbons (Fsp3) is 0.481. The highest BCUT2D eigenvalue weighted by atomic mass is 16.6. The third-order valence-corrected chi connectivity index (χ3v) is 6.63. The monoisotopic (exact) mass is 452 g/mol. The van der Waals surface area contributed by atoms with Gasteiger partial charge in [0.25, 0.3) is 0 Å². The topological polar surface area (TPSA) is 92.9 Å². The molecule has 2 aromatic rings.